The molecular weight excluding hydrogens is 630 g/mol. The lowest BCUT2D eigenvalue weighted by Crippen LogP contribution is -2.38. The van der Waals surface area contributed by atoms with Crippen LogP contribution in [-0.4, -0.2) is 53.0 Å². The fourth-order valence-electron chi connectivity index (χ4n) is 7.57. The molecule has 2 N–H and O–H groups in total. The van der Waals surface area contributed by atoms with Crippen molar-refractivity contribution in [3.8, 4) is 34.5 Å². The lowest BCUT2D eigenvalue weighted by Gasteiger charge is -2.33. The summed E-state index contributed by atoms with van der Waals surface area (Å²) in [6.07, 6.45) is 2.39. The van der Waals surface area contributed by atoms with Gasteiger partial charge in [0, 0.05) is 54.6 Å². The van der Waals surface area contributed by atoms with Crippen LogP contribution in [0.3, 0.4) is 0 Å². The second kappa shape index (κ2) is 14.1. The standard InChI is InChI=1S/C39H40F2N2O6/c40-30-5-1-24(2-6-30)32-9-11-42-18-28(32)20-44-34-16-38-36(46-22-48-38)14-26(34)13-27-15-37-39(49-23-47-37)17-35(27)45-21-29-19-43-12-10-33(29)25-3-7-31(41)8-4-25/h1-8,14-17,28-29,32-33,42-43H,9-13,18-23H2/t28-,29-,32-,33+/m0/s1. The van der Waals surface area contributed by atoms with Crippen LogP contribution in [0.15, 0.2) is 72.8 Å². The van der Waals surface area contributed by atoms with Crippen LogP contribution in [0.1, 0.15) is 46.9 Å². The van der Waals surface area contributed by atoms with Crippen molar-refractivity contribution >= 4 is 0 Å². The minimum Gasteiger partial charge on any atom is -0.493 e. The van der Waals surface area contributed by atoms with E-state index in [9.17, 15) is 8.78 Å². The Hall–Kier alpha value is -4.54. The van der Waals surface area contributed by atoms with E-state index in [-0.39, 0.29) is 48.9 Å². The number of nitrogens with one attached hydrogen (secondary N) is 2. The minimum atomic E-state index is -0.231. The van der Waals surface area contributed by atoms with Gasteiger partial charge in [-0.25, -0.2) is 8.78 Å². The van der Waals surface area contributed by atoms with Crippen molar-refractivity contribution in [3.05, 3.63) is 107 Å². The van der Waals surface area contributed by atoms with Gasteiger partial charge in [-0.05, 0) is 85.3 Å². The van der Waals surface area contributed by atoms with Crippen LogP contribution in [0, 0.1) is 23.5 Å². The lowest BCUT2D eigenvalue weighted by molar-refractivity contribution is 0.173. The highest BCUT2D eigenvalue weighted by atomic mass is 19.1. The van der Waals surface area contributed by atoms with Crippen molar-refractivity contribution in [2.45, 2.75) is 31.1 Å². The van der Waals surface area contributed by atoms with E-state index in [1.807, 2.05) is 48.5 Å². The summed E-state index contributed by atoms with van der Waals surface area (Å²) in [6, 6.07) is 21.5. The summed E-state index contributed by atoms with van der Waals surface area (Å²) in [4.78, 5) is 0. The Labute approximate surface area is 284 Å². The Morgan fingerprint density at radius 1 is 0.571 bits per heavy atom. The van der Waals surface area contributed by atoms with E-state index in [2.05, 4.69) is 10.6 Å². The van der Waals surface area contributed by atoms with Gasteiger partial charge in [-0.1, -0.05) is 24.3 Å². The van der Waals surface area contributed by atoms with Crippen LogP contribution in [-0.2, 0) is 6.42 Å². The van der Waals surface area contributed by atoms with E-state index in [1.54, 1.807) is 0 Å². The molecule has 0 spiro atoms. The average Bonchev–Trinajstić information content (AvgIpc) is 3.79. The maximum absolute atomic E-state index is 13.7. The molecule has 4 aromatic rings. The molecule has 49 heavy (non-hydrogen) atoms. The molecule has 4 aromatic carbocycles. The Balaban J connectivity index is 1.04. The van der Waals surface area contributed by atoms with E-state index in [1.165, 1.54) is 24.3 Å². The highest BCUT2D eigenvalue weighted by molar-refractivity contribution is 5.57. The first-order valence-corrected chi connectivity index (χ1v) is 17.1. The Morgan fingerprint density at radius 2 is 0.980 bits per heavy atom. The fraction of sp³-hybridized carbons (Fsp3) is 0.385. The molecule has 4 atom stereocenters. The summed E-state index contributed by atoms with van der Waals surface area (Å²) in [5.74, 6) is 4.49. The van der Waals surface area contributed by atoms with Crippen molar-refractivity contribution in [3.63, 3.8) is 0 Å². The highest BCUT2D eigenvalue weighted by Gasteiger charge is 2.30. The van der Waals surface area contributed by atoms with Crippen LogP contribution < -0.4 is 39.1 Å². The Kier molecular flexibility index (Phi) is 9.15. The summed E-state index contributed by atoms with van der Waals surface area (Å²) >= 11 is 0. The third kappa shape index (κ3) is 6.98. The molecule has 0 amide bonds. The van der Waals surface area contributed by atoms with Gasteiger partial charge in [-0.3, -0.25) is 0 Å². The SMILES string of the molecule is Fc1ccc([C@H]2CCNC[C@H]2COc2cc3c(cc2Cc2cc4c(cc2OC[C@@H]2CNCC[C@H]2c2ccc(F)cc2)OCO4)OCO3)cc1. The number of ether oxygens (including phenoxy) is 6. The second-order valence-electron chi connectivity index (χ2n) is 13.2. The maximum Gasteiger partial charge on any atom is 0.231 e. The first-order chi connectivity index (χ1) is 24.1. The number of piperidine rings is 2. The number of rotatable bonds is 10. The minimum absolute atomic E-state index is 0.153. The number of halogens is 2. The number of hydrogen-bond acceptors (Lipinski definition) is 8. The molecule has 2 saturated heterocycles. The van der Waals surface area contributed by atoms with E-state index >= 15 is 0 Å². The zero-order valence-electron chi connectivity index (χ0n) is 27.2. The molecule has 10 heteroatoms. The lowest BCUT2D eigenvalue weighted by atomic mass is 9.81. The highest BCUT2D eigenvalue weighted by Crippen LogP contribution is 2.44. The maximum atomic E-state index is 13.7. The van der Waals surface area contributed by atoms with Crippen LogP contribution >= 0.6 is 0 Å². The molecule has 0 aromatic heterocycles. The zero-order valence-corrected chi connectivity index (χ0v) is 27.2. The number of benzene rings is 4. The zero-order chi connectivity index (χ0) is 33.2. The molecular formula is C39H40F2N2O6. The van der Waals surface area contributed by atoms with Crippen LogP contribution in [0.4, 0.5) is 8.78 Å². The van der Waals surface area contributed by atoms with Gasteiger partial charge in [-0.15, -0.1) is 0 Å². The van der Waals surface area contributed by atoms with Gasteiger partial charge in [-0.2, -0.15) is 0 Å². The summed E-state index contributed by atoms with van der Waals surface area (Å²) in [6.45, 7) is 4.68. The second-order valence-corrected chi connectivity index (χ2v) is 13.2. The largest absolute Gasteiger partial charge is 0.493 e. The molecule has 0 saturated carbocycles. The molecule has 4 heterocycles. The third-order valence-electron chi connectivity index (χ3n) is 10.2. The van der Waals surface area contributed by atoms with Crippen molar-refractivity contribution < 1.29 is 37.2 Å². The van der Waals surface area contributed by atoms with Crippen molar-refractivity contribution in [1.82, 2.24) is 10.6 Å². The molecule has 4 aliphatic heterocycles. The van der Waals surface area contributed by atoms with E-state index in [4.69, 9.17) is 28.4 Å². The molecule has 4 aliphatic rings. The van der Waals surface area contributed by atoms with Crippen molar-refractivity contribution in [2.75, 3.05) is 53.0 Å². The summed E-state index contributed by atoms with van der Waals surface area (Å²) in [7, 11) is 0. The van der Waals surface area contributed by atoms with E-state index < -0.39 is 0 Å². The van der Waals surface area contributed by atoms with Gasteiger partial charge in [0.2, 0.25) is 13.6 Å². The number of hydrogen-bond donors (Lipinski definition) is 2. The molecule has 8 rings (SSSR count). The quantitative estimate of drug-likeness (QED) is 0.197. The number of fused-ring (bicyclic) bond motifs is 2. The van der Waals surface area contributed by atoms with Gasteiger partial charge in [0.05, 0.1) is 13.2 Å². The van der Waals surface area contributed by atoms with Crippen molar-refractivity contribution in [1.29, 1.82) is 0 Å². The van der Waals surface area contributed by atoms with E-state index in [0.29, 0.717) is 54.1 Å². The van der Waals surface area contributed by atoms with E-state index in [0.717, 1.165) is 61.3 Å². The molecule has 0 radical (unpaired) electrons. The molecule has 0 aliphatic carbocycles. The summed E-state index contributed by atoms with van der Waals surface area (Å²) < 4.78 is 63.7. The topological polar surface area (TPSA) is 79.4 Å². The first kappa shape index (κ1) is 31.7. The predicted octanol–water partition coefficient (Wildman–Crippen LogP) is 6.56. The third-order valence-corrected chi connectivity index (χ3v) is 10.2. The van der Waals surface area contributed by atoms with Gasteiger partial charge >= 0.3 is 0 Å². The summed E-state index contributed by atoms with van der Waals surface area (Å²) in [5.41, 5.74) is 4.11. The molecule has 256 valence electrons. The fourth-order valence-corrected chi connectivity index (χ4v) is 7.57. The van der Waals surface area contributed by atoms with Gasteiger partial charge in [0.15, 0.2) is 23.0 Å². The molecule has 2 fully saturated rings. The summed E-state index contributed by atoms with van der Waals surface area (Å²) in [5, 5.41) is 7.01. The Morgan fingerprint density at radius 3 is 1.41 bits per heavy atom. The smallest absolute Gasteiger partial charge is 0.231 e. The van der Waals surface area contributed by atoms with Crippen LogP contribution in [0.2, 0.25) is 0 Å². The van der Waals surface area contributed by atoms with Crippen LogP contribution in [0.25, 0.3) is 0 Å². The first-order valence-electron chi connectivity index (χ1n) is 17.1. The Bertz CT molecular complexity index is 1640. The molecule has 0 unspecified atom stereocenters. The van der Waals surface area contributed by atoms with Crippen LogP contribution in [0.5, 0.6) is 34.5 Å². The monoisotopic (exact) mass is 670 g/mol. The average molecular weight is 671 g/mol. The normalized spacial score (nSPS) is 22.6. The molecule has 8 nitrogen and oxygen atoms in total. The van der Waals surface area contributed by atoms with Crippen molar-refractivity contribution in [2.24, 2.45) is 11.8 Å². The van der Waals surface area contributed by atoms with Gasteiger partial charge in [0.1, 0.15) is 23.1 Å². The molecule has 0 bridgehead atoms. The predicted molar refractivity (Wildman–Crippen MR) is 179 cm³/mol. The van der Waals surface area contributed by atoms with Gasteiger partial charge < -0.3 is 39.1 Å². The van der Waals surface area contributed by atoms with Gasteiger partial charge in [0.25, 0.3) is 0 Å².